The van der Waals surface area contributed by atoms with E-state index in [-0.39, 0.29) is 0 Å². The molecule has 0 bridgehead atoms. The number of hydrogen-bond donors (Lipinski definition) is 0. The Balaban J connectivity index is 1.69. The second kappa shape index (κ2) is 8.30. The normalized spacial score (nSPS) is 16.0. The van der Waals surface area contributed by atoms with Crippen LogP contribution < -0.4 is 0 Å². The molecule has 3 aromatic rings. The highest BCUT2D eigenvalue weighted by Crippen LogP contribution is 2.36. The van der Waals surface area contributed by atoms with E-state index in [4.69, 9.17) is 0 Å². The van der Waals surface area contributed by atoms with E-state index in [0.717, 1.165) is 26.2 Å². The first-order chi connectivity index (χ1) is 13.6. The smallest absolute Gasteiger partial charge is 0.0898 e. The molecular weight excluding hydrogens is 340 g/mol. The first-order valence-electron chi connectivity index (χ1n) is 10.3. The summed E-state index contributed by atoms with van der Waals surface area (Å²) in [5.74, 6) is 0. The largest absolute Gasteiger partial charge is 0.278 e. The molecule has 0 aromatic heterocycles. The molecule has 3 aromatic carbocycles. The summed E-state index contributed by atoms with van der Waals surface area (Å²) in [4.78, 5) is 5.28. The van der Waals surface area contributed by atoms with Crippen LogP contribution in [0, 0.1) is 20.8 Å². The van der Waals surface area contributed by atoms with Crippen LogP contribution in [0.4, 0.5) is 0 Å². The zero-order chi connectivity index (χ0) is 19.5. The molecule has 1 heterocycles. The number of aryl methyl sites for hydroxylation is 3. The standard InChI is InChI=1S/C26H30N2/c1-20-16-21(2)25(22(3)17-20)26-27(18-23-10-6-4-7-11-23)14-15-28(26)19-24-12-8-5-9-13-24/h4-13,16-17,26H,14-15,18-19H2,1-3H3. The fourth-order valence-electron chi connectivity index (χ4n) is 4.66. The minimum Gasteiger partial charge on any atom is -0.278 e. The van der Waals surface area contributed by atoms with Crippen molar-refractivity contribution < 1.29 is 0 Å². The first-order valence-corrected chi connectivity index (χ1v) is 10.3. The minimum absolute atomic E-state index is 0.320. The van der Waals surface area contributed by atoms with Gasteiger partial charge in [0.15, 0.2) is 0 Å². The Morgan fingerprint density at radius 2 is 1.11 bits per heavy atom. The van der Waals surface area contributed by atoms with Crippen LogP contribution in [-0.2, 0) is 13.1 Å². The van der Waals surface area contributed by atoms with Crippen molar-refractivity contribution in [3.8, 4) is 0 Å². The number of nitrogens with zero attached hydrogens (tertiary/aromatic N) is 2. The Labute approximate surface area is 169 Å². The van der Waals surface area contributed by atoms with E-state index >= 15 is 0 Å². The van der Waals surface area contributed by atoms with Gasteiger partial charge in [-0.1, -0.05) is 78.4 Å². The molecule has 2 heteroatoms. The van der Waals surface area contributed by atoms with Crippen LogP contribution in [0.5, 0.6) is 0 Å². The average Bonchev–Trinajstić information content (AvgIpc) is 3.05. The summed E-state index contributed by atoms with van der Waals surface area (Å²) in [6.45, 7) is 10.9. The van der Waals surface area contributed by atoms with Crippen molar-refractivity contribution >= 4 is 0 Å². The van der Waals surface area contributed by atoms with Gasteiger partial charge in [-0.3, -0.25) is 9.80 Å². The molecule has 144 valence electrons. The topological polar surface area (TPSA) is 6.48 Å². The van der Waals surface area contributed by atoms with E-state index in [9.17, 15) is 0 Å². The van der Waals surface area contributed by atoms with Gasteiger partial charge in [-0.15, -0.1) is 0 Å². The van der Waals surface area contributed by atoms with Gasteiger partial charge in [-0.05, 0) is 48.6 Å². The number of rotatable bonds is 5. The molecule has 1 aliphatic rings. The third-order valence-corrected chi connectivity index (χ3v) is 5.82. The lowest BCUT2D eigenvalue weighted by atomic mass is 9.96. The lowest BCUT2D eigenvalue weighted by molar-refractivity contribution is 0.124. The molecule has 0 spiro atoms. The number of benzene rings is 3. The van der Waals surface area contributed by atoms with Crippen molar-refractivity contribution in [3.63, 3.8) is 0 Å². The lowest BCUT2D eigenvalue weighted by Gasteiger charge is -2.33. The van der Waals surface area contributed by atoms with Crippen LogP contribution in [0.3, 0.4) is 0 Å². The van der Waals surface area contributed by atoms with E-state index in [1.807, 2.05) is 0 Å². The van der Waals surface area contributed by atoms with Crippen LogP contribution in [-0.4, -0.2) is 22.9 Å². The SMILES string of the molecule is Cc1cc(C)c(C2N(Cc3ccccc3)CCN2Cc2ccccc2)c(C)c1. The Bertz CT molecular complexity index is 845. The van der Waals surface area contributed by atoms with Gasteiger partial charge in [0, 0.05) is 26.2 Å². The van der Waals surface area contributed by atoms with Crippen LogP contribution in [0.25, 0.3) is 0 Å². The van der Waals surface area contributed by atoms with Gasteiger partial charge in [0.1, 0.15) is 0 Å². The molecule has 1 fully saturated rings. The third kappa shape index (κ3) is 4.04. The summed E-state index contributed by atoms with van der Waals surface area (Å²) in [6, 6.07) is 26.4. The summed E-state index contributed by atoms with van der Waals surface area (Å²) in [5.41, 5.74) is 8.41. The van der Waals surface area contributed by atoms with Crippen LogP contribution in [0.2, 0.25) is 0 Å². The van der Waals surface area contributed by atoms with E-state index < -0.39 is 0 Å². The summed E-state index contributed by atoms with van der Waals surface area (Å²) >= 11 is 0. The molecule has 0 saturated carbocycles. The van der Waals surface area contributed by atoms with Crippen molar-refractivity contribution in [3.05, 3.63) is 106 Å². The van der Waals surface area contributed by atoms with Gasteiger partial charge in [0.25, 0.3) is 0 Å². The quantitative estimate of drug-likeness (QED) is 0.574. The van der Waals surface area contributed by atoms with Crippen molar-refractivity contribution in [2.24, 2.45) is 0 Å². The predicted molar refractivity (Wildman–Crippen MR) is 117 cm³/mol. The molecule has 0 unspecified atom stereocenters. The Hall–Kier alpha value is -2.42. The monoisotopic (exact) mass is 370 g/mol. The Morgan fingerprint density at radius 3 is 1.54 bits per heavy atom. The van der Waals surface area contributed by atoms with Gasteiger partial charge in [0.2, 0.25) is 0 Å². The van der Waals surface area contributed by atoms with Gasteiger partial charge < -0.3 is 0 Å². The molecule has 28 heavy (non-hydrogen) atoms. The maximum atomic E-state index is 2.64. The zero-order valence-electron chi connectivity index (χ0n) is 17.2. The van der Waals surface area contributed by atoms with E-state index in [0.29, 0.717) is 6.17 Å². The molecule has 4 rings (SSSR count). The molecule has 0 amide bonds. The average molecular weight is 371 g/mol. The van der Waals surface area contributed by atoms with Crippen LogP contribution >= 0.6 is 0 Å². The van der Waals surface area contributed by atoms with Gasteiger partial charge in [-0.25, -0.2) is 0 Å². The maximum absolute atomic E-state index is 2.64. The van der Waals surface area contributed by atoms with Crippen molar-refractivity contribution in [1.82, 2.24) is 9.80 Å². The van der Waals surface area contributed by atoms with Crippen molar-refractivity contribution in [2.75, 3.05) is 13.1 Å². The second-order valence-electron chi connectivity index (χ2n) is 8.10. The van der Waals surface area contributed by atoms with Gasteiger partial charge in [0.05, 0.1) is 6.17 Å². The minimum atomic E-state index is 0.320. The third-order valence-electron chi connectivity index (χ3n) is 5.82. The molecule has 0 atom stereocenters. The predicted octanol–water partition coefficient (Wildman–Crippen LogP) is 5.63. The highest BCUT2D eigenvalue weighted by atomic mass is 15.4. The highest BCUT2D eigenvalue weighted by Gasteiger charge is 2.34. The van der Waals surface area contributed by atoms with Crippen molar-refractivity contribution in [2.45, 2.75) is 40.0 Å². The Kier molecular flexibility index (Phi) is 5.61. The lowest BCUT2D eigenvalue weighted by Crippen LogP contribution is -2.31. The fraction of sp³-hybridized carbons (Fsp3) is 0.308. The molecule has 0 radical (unpaired) electrons. The fourth-order valence-corrected chi connectivity index (χ4v) is 4.66. The molecule has 0 aliphatic carbocycles. The summed E-state index contributed by atoms with van der Waals surface area (Å²) in [5, 5.41) is 0. The van der Waals surface area contributed by atoms with E-state index in [1.54, 1.807) is 0 Å². The summed E-state index contributed by atoms with van der Waals surface area (Å²) < 4.78 is 0. The van der Waals surface area contributed by atoms with Gasteiger partial charge >= 0.3 is 0 Å². The second-order valence-corrected chi connectivity index (χ2v) is 8.10. The van der Waals surface area contributed by atoms with Crippen molar-refractivity contribution in [1.29, 1.82) is 0 Å². The summed E-state index contributed by atoms with van der Waals surface area (Å²) in [7, 11) is 0. The van der Waals surface area contributed by atoms with Crippen LogP contribution in [0.15, 0.2) is 72.8 Å². The van der Waals surface area contributed by atoms with Gasteiger partial charge in [-0.2, -0.15) is 0 Å². The zero-order valence-corrected chi connectivity index (χ0v) is 17.2. The van der Waals surface area contributed by atoms with Crippen LogP contribution in [0.1, 0.15) is 39.5 Å². The Morgan fingerprint density at radius 1 is 0.679 bits per heavy atom. The molecule has 1 saturated heterocycles. The summed E-state index contributed by atoms with van der Waals surface area (Å²) in [6.07, 6.45) is 0.320. The molecular formula is C26H30N2. The molecule has 1 aliphatic heterocycles. The van der Waals surface area contributed by atoms with E-state index in [2.05, 4.69) is 103 Å². The first kappa shape index (κ1) is 18.9. The number of hydrogen-bond acceptors (Lipinski definition) is 2. The molecule has 0 N–H and O–H groups in total. The molecule has 2 nitrogen and oxygen atoms in total. The highest BCUT2D eigenvalue weighted by molar-refractivity contribution is 5.40. The van der Waals surface area contributed by atoms with E-state index in [1.165, 1.54) is 33.4 Å². The maximum Gasteiger partial charge on any atom is 0.0898 e.